The van der Waals surface area contributed by atoms with Crippen molar-refractivity contribution in [3.63, 3.8) is 0 Å². The molecule has 3 rings (SSSR count). The maximum absolute atomic E-state index is 9.59. The molecule has 4 nitrogen and oxygen atoms in total. The van der Waals surface area contributed by atoms with Gasteiger partial charge in [0.15, 0.2) is 0 Å². The van der Waals surface area contributed by atoms with Crippen LogP contribution in [0.15, 0.2) is 24.3 Å². The molecular formula is C18H28N2O2. The van der Waals surface area contributed by atoms with E-state index < -0.39 is 0 Å². The van der Waals surface area contributed by atoms with Gasteiger partial charge in [0.05, 0.1) is 19.3 Å². The fraction of sp³-hybridized carbons (Fsp3) is 0.667. The van der Waals surface area contributed by atoms with Gasteiger partial charge in [-0.25, -0.2) is 0 Å². The average Bonchev–Trinajstić information content (AvgIpc) is 2.57. The fourth-order valence-electron chi connectivity index (χ4n) is 3.33. The first kappa shape index (κ1) is 15.9. The van der Waals surface area contributed by atoms with Crippen LogP contribution in [-0.2, 0) is 17.7 Å². The van der Waals surface area contributed by atoms with E-state index in [1.165, 1.54) is 11.1 Å². The van der Waals surface area contributed by atoms with Crippen LogP contribution in [0, 0.1) is 0 Å². The van der Waals surface area contributed by atoms with Gasteiger partial charge < -0.3 is 9.84 Å². The van der Waals surface area contributed by atoms with Crippen molar-refractivity contribution in [2.24, 2.45) is 0 Å². The lowest BCUT2D eigenvalue weighted by Crippen LogP contribution is -2.37. The zero-order valence-electron chi connectivity index (χ0n) is 13.4. The average molecular weight is 304 g/mol. The highest BCUT2D eigenvalue weighted by Gasteiger charge is 2.17. The van der Waals surface area contributed by atoms with Gasteiger partial charge in [-0.3, -0.25) is 9.80 Å². The van der Waals surface area contributed by atoms with Crippen molar-refractivity contribution in [3.05, 3.63) is 35.4 Å². The second kappa shape index (κ2) is 8.06. The summed E-state index contributed by atoms with van der Waals surface area (Å²) in [6.45, 7) is 8.05. The number of piperidine rings is 1. The number of benzene rings is 1. The Hall–Kier alpha value is -0.940. The molecule has 0 spiro atoms. The van der Waals surface area contributed by atoms with Crippen LogP contribution in [0.4, 0.5) is 0 Å². The number of ether oxygens (including phenoxy) is 1. The maximum atomic E-state index is 9.59. The molecular weight excluding hydrogens is 276 g/mol. The first-order chi connectivity index (χ1) is 10.8. The molecule has 1 N–H and O–H groups in total. The molecule has 4 heteroatoms. The number of nitrogens with zero attached hydrogens (tertiary/aromatic N) is 2. The summed E-state index contributed by atoms with van der Waals surface area (Å²) in [5, 5.41) is 9.59. The Kier molecular flexibility index (Phi) is 5.84. The molecule has 2 aliphatic heterocycles. The van der Waals surface area contributed by atoms with Crippen LogP contribution in [0.2, 0.25) is 0 Å². The molecule has 22 heavy (non-hydrogen) atoms. The smallest absolute Gasteiger partial charge is 0.0594 e. The number of hydrogen-bond donors (Lipinski definition) is 1. The van der Waals surface area contributed by atoms with Crippen molar-refractivity contribution < 1.29 is 9.84 Å². The van der Waals surface area contributed by atoms with Crippen molar-refractivity contribution in [1.82, 2.24) is 9.80 Å². The van der Waals surface area contributed by atoms with Gasteiger partial charge in [-0.05, 0) is 30.4 Å². The second-order valence-electron chi connectivity index (χ2n) is 6.53. The lowest BCUT2D eigenvalue weighted by molar-refractivity contribution is 0.0384. The summed E-state index contributed by atoms with van der Waals surface area (Å²) in [7, 11) is 0. The van der Waals surface area contributed by atoms with Gasteiger partial charge in [0.25, 0.3) is 0 Å². The molecule has 0 radical (unpaired) electrons. The van der Waals surface area contributed by atoms with Crippen LogP contribution >= 0.6 is 0 Å². The molecule has 0 aromatic heterocycles. The minimum absolute atomic E-state index is 0.0869. The van der Waals surface area contributed by atoms with Crippen LogP contribution in [0.1, 0.15) is 24.0 Å². The van der Waals surface area contributed by atoms with E-state index in [1.54, 1.807) is 0 Å². The summed E-state index contributed by atoms with van der Waals surface area (Å²) < 4.78 is 5.40. The van der Waals surface area contributed by atoms with Gasteiger partial charge in [-0.15, -0.1) is 0 Å². The Bertz CT molecular complexity index is 452. The number of aliphatic hydroxyl groups excluding tert-OH is 1. The monoisotopic (exact) mass is 304 g/mol. The van der Waals surface area contributed by atoms with Crippen LogP contribution in [0.3, 0.4) is 0 Å². The zero-order chi connectivity index (χ0) is 15.2. The maximum Gasteiger partial charge on any atom is 0.0594 e. The Morgan fingerprint density at radius 3 is 2.50 bits per heavy atom. The zero-order valence-corrected chi connectivity index (χ0v) is 13.4. The molecule has 2 heterocycles. The predicted molar refractivity (Wildman–Crippen MR) is 87.9 cm³/mol. The summed E-state index contributed by atoms with van der Waals surface area (Å²) in [6, 6.07) is 9.00. The van der Waals surface area contributed by atoms with E-state index in [0.29, 0.717) is 0 Å². The molecule has 0 amide bonds. The van der Waals surface area contributed by atoms with Gasteiger partial charge in [0.2, 0.25) is 0 Å². The minimum atomic E-state index is -0.0869. The van der Waals surface area contributed by atoms with Crippen LogP contribution in [-0.4, -0.2) is 66.9 Å². The Balaban J connectivity index is 1.49. The Morgan fingerprint density at radius 2 is 1.73 bits per heavy atom. The molecule has 2 saturated heterocycles. The van der Waals surface area contributed by atoms with E-state index in [0.717, 1.165) is 71.7 Å². The van der Waals surface area contributed by atoms with E-state index in [1.807, 2.05) is 0 Å². The van der Waals surface area contributed by atoms with Gasteiger partial charge in [0, 0.05) is 39.3 Å². The summed E-state index contributed by atoms with van der Waals surface area (Å²) in [5.74, 6) is 0. The van der Waals surface area contributed by atoms with Crippen LogP contribution in [0.25, 0.3) is 0 Å². The number of likely N-dealkylation sites (tertiary alicyclic amines) is 1. The molecule has 1 aromatic rings. The second-order valence-corrected chi connectivity index (χ2v) is 6.53. The van der Waals surface area contributed by atoms with Gasteiger partial charge >= 0.3 is 0 Å². The summed E-state index contributed by atoms with van der Waals surface area (Å²) in [5.41, 5.74) is 2.83. The normalized spacial score (nSPS) is 22.0. The summed E-state index contributed by atoms with van der Waals surface area (Å²) in [4.78, 5) is 4.94. The third kappa shape index (κ3) is 4.78. The standard InChI is InChI=1S/C18H28N2O2/c21-18-5-8-20(9-6-18)15-17-3-1-2-16(14-17)4-7-19-10-12-22-13-11-19/h1-3,14,18,21H,4-13,15H2. The minimum Gasteiger partial charge on any atom is -0.393 e. The van der Waals surface area contributed by atoms with Crippen molar-refractivity contribution in [3.8, 4) is 0 Å². The Morgan fingerprint density at radius 1 is 1.00 bits per heavy atom. The molecule has 122 valence electrons. The number of hydrogen-bond acceptors (Lipinski definition) is 4. The highest BCUT2D eigenvalue weighted by atomic mass is 16.5. The number of morpholine rings is 1. The lowest BCUT2D eigenvalue weighted by atomic mass is 10.0. The van der Waals surface area contributed by atoms with Gasteiger partial charge in [-0.2, -0.15) is 0 Å². The highest BCUT2D eigenvalue weighted by Crippen LogP contribution is 2.15. The van der Waals surface area contributed by atoms with Crippen molar-refractivity contribution in [1.29, 1.82) is 0 Å². The first-order valence-electron chi connectivity index (χ1n) is 8.58. The van der Waals surface area contributed by atoms with Crippen LogP contribution in [0.5, 0.6) is 0 Å². The van der Waals surface area contributed by atoms with Crippen LogP contribution < -0.4 is 0 Å². The van der Waals surface area contributed by atoms with Crippen molar-refractivity contribution in [2.45, 2.75) is 31.9 Å². The van der Waals surface area contributed by atoms with Crippen molar-refractivity contribution >= 4 is 0 Å². The molecule has 0 aliphatic carbocycles. The number of aliphatic hydroxyl groups is 1. The van der Waals surface area contributed by atoms with E-state index in [4.69, 9.17) is 4.74 Å². The molecule has 1 aromatic carbocycles. The van der Waals surface area contributed by atoms with Gasteiger partial charge in [0.1, 0.15) is 0 Å². The first-order valence-corrected chi connectivity index (χ1v) is 8.58. The molecule has 2 aliphatic rings. The van der Waals surface area contributed by atoms with Gasteiger partial charge in [-0.1, -0.05) is 24.3 Å². The largest absolute Gasteiger partial charge is 0.393 e. The molecule has 0 atom stereocenters. The fourth-order valence-corrected chi connectivity index (χ4v) is 3.33. The van der Waals surface area contributed by atoms with E-state index in [2.05, 4.69) is 34.1 Å². The molecule has 2 fully saturated rings. The molecule has 0 saturated carbocycles. The molecule has 0 unspecified atom stereocenters. The topological polar surface area (TPSA) is 35.9 Å². The Labute approximate surface area is 133 Å². The quantitative estimate of drug-likeness (QED) is 0.895. The third-order valence-corrected chi connectivity index (χ3v) is 4.78. The number of rotatable bonds is 5. The third-order valence-electron chi connectivity index (χ3n) is 4.78. The molecule has 0 bridgehead atoms. The SMILES string of the molecule is OC1CCN(Cc2cccc(CCN3CCOCC3)c2)CC1. The van der Waals surface area contributed by atoms with E-state index in [9.17, 15) is 5.11 Å². The van der Waals surface area contributed by atoms with E-state index in [-0.39, 0.29) is 6.10 Å². The summed E-state index contributed by atoms with van der Waals surface area (Å²) in [6.07, 6.45) is 2.86. The van der Waals surface area contributed by atoms with E-state index >= 15 is 0 Å². The lowest BCUT2D eigenvalue weighted by Gasteiger charge is -2.29. The predicted octanol–water partition coefficient (Wildman–Crippen LogP) is 1.52. The summed E-state index contributed by atoms with van der Waals surface area (Å²) >= 11 is 0. The van der Waals surface area contributed by atoms with Crippen molar-refractivity contribution in [2.75, 3.05) is 45.9 Å². The highest BCUT2D eigenvalue weighted by molar-refractivity contribution is 5.23.